The first kappa shape index (κ1) is 24.7. The van der Waals surface area contributed by atoms with Crippen LogP contribution >= 0.6 is 0 Å². The smallest absolute Gasteiger partial charge is 0.255 e. The number of hydrogen-bond donors (Lipinski definition) is 1. The van der Waals surface area contributed by atoms with Gasteiger partial charge >= 0.3 is 0 Å². The van der Waals surface area contributed by atoms with Crippen LogP contribution in [0.15, 0.2) is 85.1 Å². The first-order valence-corrected chi connectivity index (χ1v) is 12.6. The minimum atomic E-state index is -0.185. The molecule has 0 spiro atoms. The van der Waals surface area contributed by atoms with Gasteiger partial charge in [0.15, 0.2) is 0 Å². The molecule has 190 valence electrons. The molecule has 0 radical (unpaired) electrons. The van der Waals surface area contributed by atoms with Crippen LogP contribution in [-0.2, 0) is 17.8 Å². The van der Waals surface area contributed by atoms with Gasteiger partial charge in [0.2, 0.25) is 0 Å². The molecule has 1 atom stereocenters. The van der Waals surface area contributed by atoms with Gasteiger partial charge in [-0.1, -0.05) is 54.6 Å². The Hall–Kier alpha value is -3.94. The van der Waals surface area contributed by atoms with Gasteiger partial charge in [0.1, 0.15) is 11.4 Å². The van der Waals surface area contributed by atoms with Crippen LogP contribution in [0.1, 0.15) is 28.4 Å². The second kappa shape index (κ2) is 11.4. The van der Waals surface area contributed by atoms with Gasteiger partial charge in [-0.05, 0) is 42.3 Å². The lowest BCUT2D eigenvalue weighted by molar-refractivity contribution is -0.0212. The third-order valence-corrected chi connectivity index (χ3v) is 6.52. The summed E-state index contributed by atoms with van der Waals surface area (Å²) < 4.78 is 13.0. The minimum absolute atomic E-state index is 0.185. The molecular weight excluding hydrogens is 464 g/mol. The maximum absolute atomic E-state index is 13.5. The first-order valence-electron chi connectivity index (χ1n) is 12.6. The molecule has 0 aliphatic carbocycles. The summed E-state index contributed by atoms with van der Waals surface area (Å²) in [6, 6.07) is 25.8. The molecule has 3 aromatic carbocycles. The fourth-order valence-electron chi connectivity index (χ4n) is 4.70. The highest BCUT2D eigenvalue weighted by Crippen LogP contribution is 2.31. The molecular formula is C30H32N4O3. The normalized spacial score (nSPS) is 15.9. The number of amides is 1. The molecule has 7 heteroatoms. The van der Waals surface area contributed by atoms with Crippen molar-refractivity contribution in [1.82, 2.24) is 20.0 Å². The minimum Gasteiger partial charge on any atom is -0.496 e. The molecule has 37 heavy (non-hydrogen) atoms. The molecule has 1 N–H and O–H groups in total. The zero-order valence-corrected chi connectivity index (χ0v) is 21.3. The topological polar surface area (TPSA) is 68.6 Å². The summed E-state index contributed by atoms with van der Waals surface area (Å²) in [5.74, 6) is 0.482. The van der Waals surface area contributed by atoms with Gasteiger partial charge in [-0.3, -0.25) is 9.69 Å². The molecule has 5 rings (SSSR count). The van der Waals surface area contributed by atoms with Crippen molar-refractivity contribution >= 4 is 5.91 Å². The number of aromatic nitrogens is 2. The highest BCUT2D eigenvalue weighted by molar-refractivity contribution is 6.00. The number of nitrogens with one attached hydrogen (secondary N) is 1. The Bertz CT molecular complexity index is 1350. The van der Waals surface area contributed by atoms with E-state index in [1.54, 1.807) is 18.0 Å². The van der Waals surface area contributed by atoms with E-state index in [2.05, 4.69) is 29.3 Å². The van der Waals surface area contributed by atoms with Crippen molar-refractivity contribution < 1.29 is 14.3 Å². The van der Waals surface area contributed by atoms with Crippen LogP contribution in [0, 0.1) is 0 Å². The summed E-state index contributed by atoms with van der Waals surface area (Å²) >= 11 is 0. The van der Waals surface area contributed by atoms with Crippen molar-refractivity contribution in [1.29, 1.82) is 0 Å². The molecule has 1 aliphatic heterocycles. The van der Waals surface area contributed by atoms with Gasteiger partial charge in [-0.15, -0.1) is 0 Å². The van der Waals surface area contributed by atoms with Gasteiger partial charge in [0.05, 0.1) is 31.1 Å². The van der Waals surface area contributed by atoms with Gasteiger partial charge in [0.25, 0.3) is 5.91 Å². The predicted molar refractivity (Wildman–Crippen MR) is 144 cm³/mol. The summed E-state index contributed by atoms with van der Waals surface area (Å²) in [6.07, 6.45) is 2.04. The SMILES string of the molecule is COc1ccccc1-c1nn(-c2ccccc2)cc1C(=O)NCc1cccc(CN2CCOC(C)C2)c1. The molecule has 4 aromatic rings. The van der Waals surface area contributed by atoms with E-state index in [-0.39, 0.29) is 12.0 Å². The Kier molecular flexibility index (Phi) is 7.63. The summed E-state index contributed by atoms with van der Waals surface area (Å²) in [7, 11) is 1.62. The van der Waals surface area contributed by atoms with Crippen molar-refractivity contribution in [3.05, 3.63) is 102 Å². The quantitative estimate of drug-likeness (QED) is 0.383. The van der Waals surface area contributed by atoms with Crippen LogP contribution in [0.3, 0.4) is 0 Å². The van der Waals surface area contributed by atoms with Crippen LogP contribution in [0.4, 0.5) is 0 Å². The molecule has 1 fully saturated rings. The fourth-order valence-corrected chi connectivity index (χ4v) is 4.70. The van der Waals surface area contributed by atoms with Crippen LogP contribution in [0.25, 0.3) is 16.9 Å². The molecule has 1 amide bonds. The zero-order valence-electron chi connectivity index (χ0n) is 21.3. The maximum atomic E-state index is 13.5. The molecule has 1 aromatic heterocycles. The van der Waals surface area contributed by atoms with Crippen LogP contribution in [-0.4, -0.2) is 53.5 Å². The lowest BCUT2D eigenvalue weighted by atomic mass is 10.1. The maximum Gasteiger partial charge on any atom is 0.255 e. The first-order chi connectivity index (χ1) is 18.1. The fraction of sp³-hybridized carbons (Fsp3) is 0.267. The molecule has 1 aliphatic rings. The number of carbonyl (C=O) groups excluding carboxylic acids is 1. The highest BCUT2D eigenvalue weighted by Gasteiger charge is 2.21. The van der Waals surface area contributed by atoms with Gasteiger partial charge in [0, 0.05) is 37.9 Å². The molecule has 1 saturated heterocycles. The summed E-state index contributed by atoms with van der Waals surface area (Å²) in [6.45, 7) is 6.03. The van der Waals surface area contributed by atoms with Crippen LogP contribution in [0.5, 0.6) is 5.75 Å². The van der Waals surface area contributed by atoms with Gasteiger partial charge in [-0.25, -0.2) is 4.68 Å². The zero-order chi connectivity index (χ0) is 25.6. The third-order valence-electron chi connectivity index (χ3n) is 6.52. The van der Waals surface area contributed by atoms with Crippen LogP contribution < -0.4 is 10.1 Å². The Labute approximate surface area is 217 Å². The monoisotopic (exact) mass is 496 g/mol. The van der Waals surface area contributed by atoms with Crippen molar-refractivity contribution in [3.8, 4) is 22.7 Å². The number of benzene rings is 3. The number of nitrogens with zero attached hydrogens (tertiary/aromatic N) is 3. The Balaban J connectivity index is 1.36. The van der Waals surface area contributed by atoms with E-state index in [9.17, 15) is 4.79 Å². The van der Waals surface area contributed by atoms with E-state index < -0.39 is 0 Å². The van der Waals surface area contributed by atoms with Crippen LogP contribution in [0.2, 0.25) is 0 Å². The summed E-state index contributed by atoms with van der Waals surface area (Å²) in [5.41, 5.74) is 5.00. The molecule has 7 nitrogen and oxygen atoms in total. The molecule has 2 heterocycles. The Morgan fingerprint density at radius 2 is 1.84 bits per heavy atom. The van der Waals surface area contributed by atoms with E-state index in [4.69, 9.17) is 14.6 Å². The summed E-state index contributed by atoms with van der Waals surface area (Å²) in [4.78, 5) is 15.9. The van der Waals surface area contributed by atoms with E-state index in [0.717, 1.165) is 43.1 Å². The largest absolute Gasteiger partial charge is 0.496 e. The number of hydrogen-bond acceptors (Lipinski definition) is 5. The van der Waals surface area contributed by atoms with Gasteiger partial charge in [-0.2, -0.15) is 5.10 Å². The average molecular weight is 497 g/mol. The number of rotatable bonds is 8. The second-order valence-corrected chi connectivity index (χ2v) is 9.29. The standard InChI is InChI=1S/C30H32N4O3/c1-22-19-33(15-16-37-22)20-24-10-8-9-23(17-24)18-31-30(35)27-21-34(25-11-4-3-5-12-25)32-29(27)26-13-6-7-14-28(26)36-2/h3-14,17,21-22H,15-16,18-20H2,1-2H3,(H,31,35). The predicted octanol–water partition coefficient (Wildman–Crippen LogP) is 4.70. The average Bonchev–Trinajstić information content (AvgIpc) is 3.38. The van der Waals surface area contributed by atoms with E-state index >= 15 is 0 Å². The van der Waals surface area contributed by atoms with E-state index in [0.29, 0.717) is 23.6 Å². The molecule has 0 bridgehead atoms. The van der Waals surface area contributed by atoms with Crippen molar-refractivity contribution in [3.63, 3.8) is 0 Å². The van der Waals surface area contributed by atoms with Crippen molar-refractivity contribution in [2.75, 3.05) is 26.8 Å². The highest BCUT2D eigenvalue weighted by atomic mass is 16.5. The van der Waals surface area contributed by atoms with E-state index in [1.165, 1.54) is 5.56 Å². The Morgan fingerprint density at radius 1 is 1.05 bits per heavy atom. The number of ether oxygens (including phenoxy) is 2. The third kappa shape index (κ3) is 5.90. The number of para-hydroxylation sites is 2. The molecule has 1 unspecified atom stereocenters. The van der Waals surface area contributed by atoms with Gasteiger partial charge < -0.3 is 14.8 Å². The Morgan fingerprint density at radius 3 is 2.65 bits per heavy atom. The van der Waals surface area contributed by atoms with Crippen molar-refractivity contribution in [2.24, 2.45) is 0 Å². The lowest BCUT2D eigenvalue weighted by Crippen LogP contribution is -2.40. The number of morpholine rings is 1. The summed E-state index contributed by atoms with van der Waals surface area (Å²) in [5, 5.41) is 7.88. The second-order valence-electron chi connectivity index (χ2n) is 9.29. The van der Waals surface area contributed by atoms with Crippen molar-refractivity contribution in [2.45, 2.75) is 26.1 Å². The number of carbonyl (C=O) groups is 1. The van der Waals surface area contributed by atoms with E-state index in [1.807, 2.05) is 66.7 Å². The lowest BCUT2D eigenvalue weighted by Gasteiger charge is -2.31. The number of methoxy groups -OCH3 is 1. The molecule has 0 saturated carbocycles.